The first-order valence-electron chi connectivity index (χ1n) is 7.72. The van der Waals surface area contributed by atoms with Crippen LogP contribution in [0, 0.1) is 5.41 Å². The molecule has 0 aliphatic heterocycles. The Balaban J connectivity index is 1.74. The summed E-state index contributed by atoms with van der Waals surface area (Å²) >= 11 is 1.98. The van der Waals surface area contributed by atoms with Gasteiger partial charge in [-0.15, -0.1) is 0 Å². The van der Waals surface area contributed by atoms with Crippen LogP contribution in [0.15, 0.2) is 4.52 Å². The topological polar surface area (TPSA) is 64.9 Å². The second kappa shape index (κ2) is 7.46. The molecular weight excluding hydrogens is 270 g/mol. The predicted molar refractivity (Wildman–Crippen MR) is 83.6 cm³/mol. The van der Waals surface area contributed by atoms with Crippen molar-refractivity contribution in [3.05, 3.63) is 11.7 Å². The summed E-state index contributed by atoms with van der Waals surface area (Å²) in [7, 11) is 0. The van der Waals surface area contributed by atoms with Gasteiger partial charge in [0.15, 0.2) is 5.82 Å². The number of hydrogen-bond donors (Lipinski definition) is 1. The third kappa shape index (κ3) is 5.09. The lowest BCUT2D eigenvalue weighted by Crippen LogP contribution is -2.17. The maximum absolute atomic E-state index is 5.63. The molecule has 1 aliphatic rings. The van der Waals surface area contributed by atoms with Crippen LogP contribution in [0.3, 0.4) is 0 Å². The first-order valence-corrected chi connectivity index (χ1v) is 8.77. The van der Waals surface area contributed by atoms with Gasteiger partial charge >= 0.3 is 0 Å². The maximum Gasteiger partial charge on any atom is 0.226 e. The minimum atomic E-state index is 0.252. The highest BCUT2D eigenvalue weighted by Gasteiger charge is 2.19. The normalized spacial score (nSPS) is 16.9. The first kappa shape index (κ1) is 15.8. The molecule has 0 unspecified atom stereocenters. The summed E-state index contributed by atoms with van der Waals surface area (Å²) < 4.78 is 5.35. The van der Waals surface area contributed by atoms with E-state index >= 15 is 0 Å². The van der Waals surface area contributed by atoms with Crippen LogP contribution in [0.2, 0.25) is 0 Å². The van der Waals surface area contributed by atoms with E-state index in [0.29, 0.717) is 0 Å². The molecule has 5 heteroatoms. The van der Waals surface area contributed by atoms with E-state index in [1.807, 2.05) is 11.8 Å². The van der Waals surface area contributed by atoms with E-state index in [9.17, 15) is 0 Å². The van der Waals surface area contributed by atoms with E-state index < -0.39 is 0 Å². The van der Waals surface area contributed by atoms with Crippen molar-refractivity contribution in [1.82, 2.24) is 10.1 Å². The highest BCUT2D eigenvalue weighted by Crippen LogP contribution is 2.31. The molecule has 2 N–H and O–H groups in total. The Bertz CT molecular complexity index is 400. The van der Waals surface area contributed by atoms with Crippen LogP contribution in [0.25, 0.3) is 0 Å². The second-order valence-corrected chi connectivity index (χ2v) is 7.81. The summed E-state index contributed by atoms with van der Waals surface area (Å²) in [4.78, 5) is 4.50. The lowest BCUT2D eigenvalue weighted by Gasteiger charge is -2.22. The highest BCUT2D eigenvalue weighted by molar-refractivity contribution is 7.99. The predicted octanol–water partition coefficient (Wildman–Crippen LogP) is 3.55. The van der Waals surface area contributed by atoms with Gasteiger partial charge in [0.2, 0.25) is 5.89 Å². The maximum atomic E-state index is 5.63. The molecule has 0 atom stereocenters. The van der Waals surface area contributed by atoms with Crippen molar-refractivity contribution < 1.29 is 4.52 Å². The molecular formula is C15H27N3OS. The summed E-state index contributed by atoms with van der Waals surface area (Å²) in [5.74, 6) is 2.52. The molecule has 0 radical (unpaired) electrons. The number of aryl methyl sites for hydroxylation is 1. The fourth-order valence-corrected chi connectivity index (χ4v) is 3.83. The summed E-state index contributed by atoms with van der Waals surface area (Å²) in [6.45, 7) is 5.22. The van der Waals surface area contributed by atoms with Gasteiger partial charge in [-0.2, -0.15) is 16.7 Å². The zero-order valence-corrected chi connectivity index (χ0v) is 13.5. The standard InChI is InChI=1S/C15H27N3OS/c1-15(2,9-10-16)8-7-14-17-13(18-19-14)11-20-12-5-3-4-6-12/h12H,3-11,16H2,1-2H3. The van der Waals surface area contributed by atoms with Gasteiger partial charge in [0.25, 0.3) is 0 Å². The van der Waals surface area contributed by atoms with E-state index in [2.05, 4.69) is 24.0 Å². The Labute approximate surface area is 126 Å². The van der Waals surface area contributed by atoms with Gasteiger partial charge < -0.3 is 10.3 Å². The van der Waals surface area contributed by atoms with Crippen LogP contribution in [-0.4, -0.2) is 21.9 Å². The van der Waals surface area contributed by atoms with Crippen molar-refractivity contribution in [2.24, 2.45) is 11.1 Å². The third-order valence-electron chi connectivity index (χ3n) is 4.10. The first-order chi connectivity index (χ1) is 9.59. The van der Waals surface area contributed by atoms with E-state index in [0.717, 1.165) is 48.5 Å². The summed E-state index contributed by atoms with van der Waals surface area (Å²) in [5, 5.41) is 4.90. The van der Waals surface area contributed by atoms with Crippen molar-refractivity contribution in [1.29, 1.82) is 0 Å². The summed E-state index contributed by atoms with van der Waals surface area (Å²) in [6.07, 6.45) is 8.39. The molecule has 1 aliphatic carbocycles. The molecule has 114 valence electrons. The van der Waals surface area contributed by atoms with Crippen LogP contribution in [0.5, 0.6) is 0 Å². The number of nitrogens with two attached hydrogens (primary N) is 1. The van der Waals surface area contributed by atoms with Crippen molar-refractivity contribution >= 4 is 11.8 Å². The molecule has 4 nitrogen and oxygen atoms in total. The van der Waals surface area contributed by atoms with Crippen LogP contribution >= 0.6 is 11.8 Å². The number of aromatic nitrogens is 2. The van der Waals surface area contributed by atoms with Gasteiger partial charge in [-0.1, -0.05) is 31.8 Å². The van der Waals surface area contributed by atoms with Gasteiger partial charge in [0.05, 0.1) is 5.75 Å². The SMILES string of the molecule is CC(C)(CCN)CCc1nc(CSC2CCCC2)no1. The molecule has 1 heterocycles. The Morgan fingerprint density at radius 1 is 1.30 bits per heavy atom. The van der Waals surface area contributed by atoms with E-state index in [4.69, 9.17) is 10.3 Å². The minimum Gasteiger partial charge on any atom is -0.339 e. The summed E-state index contributed by atoms with van der Waals surface area (Å²) in [5.41, 5.74) is 5.88. The van der Waals surface area contributed by atoms with E-state index in [-0.39, 0.29) is 5.41 Å². The van der Waals surface area contributed by atoms with Crippen LogP contribution < -0.4 is 5.73 Å². The van der Waals surface area contributed by atoms with Gasteiger partial charge in [-0.25, -0.2) is 0 Å². The monoisotopic (exact) mass is 297 g/mol. The Kier molecular flexibility index (Phi) is 5.90. The zero-order chi connectivity index (χ0) is 14.4. The van der Waals surface area contributed by atoms with E-state index in [1.54, 1.807) is 0 Å². The molecule has 1 fully saturated rings. The lowest BCUT2D eigenvalue weighted by atomic mass is 9.84. The minimum absolute atomic E-state index is 0.252. The van der Waals surface area contributed by atoms with Gasteiger partial charge in [-0.3, -0.25) is 0 Å². The number of hydrogen-bond acceptors (Lipinski definition) is 5. The summed E-state index contributed by atoms with van der Waals surface area (Å²) in [6, 6.07) is 0. The Morgan fingerprint density at radius 2 is 2.05 bits per heavy atom. The molecule has 1 aromatic rings. The Hall–Kier alpha value is -0.550. The molecule has 0 aromatic carbocycles. The zero-order valence-electron chi connectivity index (χ0n) is 12.7. The van der Waals surface area contributed by atoms with Gasteiger partial charge in [0.1, 0.15) is 0 Å². The molecule has 0 saturated heterocycles. The van der Waals surface area contributed by atoms with E-state index in [1.165, 1.54) is 25.7 Å². The van der Waals surface area contributed by atoms with Crippen molar-refractivity contribution in [2.45, 2.75) is 69.8 Å². The quantitative estimate of drug-likeness (QED) is 0.795. The van der Waals surface area contributed by atoms with Crippen molar-refractivity contribution in [2.75, 3.05) is 6.54 Å². The fourth-order valence-electron chi connectivity index (χ4n) is 2.66. The number of nitrogens with zero attached hydrogens (tertiary/aromatic N) is 2. The van der Waals surface area contributed by atoms with Gasteiger partial charge in [0, 0.05) is 11.7 Å². The second-order valence-electron chi connectivity index (χ2n) is 6.52. The fraction of sp³-hybridized carbons (Fsp3) is 0.867. The van der Waals surface area contributed by atoms with Crippen LogP contribution in [-0.2, 0) is 12.2 Å². The Morgan fingerprint density at radius 3 is 2.75 bits per heavy atom. The van der Waals surface area contributed by atoms with Crippen LogP contribution in [0.1, 0.15) is 64.1 Å². The average Bonchev–Trinajstić information content (AvgIpc) is 3.06. The third-order valence-corrected chi connectivity index (χ3v) is 5.46. The molecule has 1 aromatic heterocycles. The van der Waals surface area contributed by atoms with Crippen molar-refractivity contribution in [3.63, 3.8) is 0 Å². The molecule has 2 rings (SSSR count). The number of thioether (sulfide) groups is 1. The molecule has 0 amide bonds. The van der Waals surface area contributed by atoms with Crippen molar-refractivity contribution in [3.8, 4) is 0 Å². The molecule has 0 spiro atoms. The highest BCUT2D eigenvalue weighted by atomic mass is 32.2. The molecule has 20 heavy (non-hydrogen) atoms. The largest absolute Gasteiger partial charge is 0.339 e. The average molecular weight is 297 g/mol. The number of rotatable bonds is 8. The van der Waals surface area contributed by atoms with Crippen LogP contribution in [0.4, 0.5) is 0 Å². The smallest absolute Gasteiger partial charge is 0.226 e. The molecule has 1 saturated carbocycles. The molecule has 0 bridgehead atoms. The lowest BCUT2D eigenvalue weighted by molar-refractivity contribution is 0.289. The van der Waals surface area contributed by atoms with Gasteiger partial charge in [-0.05, 0) is 37.6 Å².